The molecule has 1 aromatic heterocycles. The Morgan fingerprint density at radius 2 is 2.27 bits per heavy atom. The number of rotatable bonds is 5. The Morgan fingerprint density at radius 3 is 2.93 bits per heavy atom. The van der Waals surface area contributed by atoms with Gasteiger partial charge in [-0.05, 0) is 18.9 Å². The molecule has 1 saturated carbocycles. The smallest absolute Gasteiger partial charge is 0.0860 e. The van der Waals surface area contributed by atoms with E-state index in [1.54, 1.807) is 10.9 Å². The molecule has 1 aliphatic carbocycles. The van der Waals surface area contributed by atoms with Crippen molar-refractivity contribution in [2.45, 2.75) is 44.4 Å². The Morgan fingerprint density at radius 1 is 1.47 bits per heavy atom. The maximum absolute atomic E-state index is 9.76. The second-order valence-electron chi connectivity index (χ2n) is 4.27. The molecule has 1 heterocycles. The van der Waals surface area contributed by atoms with Crippen molar-refractivity contribution in [2.24, 2.45) is 0 Å². The Kier molecular flexibility index (Phi) is 3.75. The second-order valence-corrected chi connectivity index (χ2v) is 4.27. The fraction of sp³-hybridized carbons (Fsp3) is 0.727. The van der Waals surface area contributed by atoms with Crippen molar-refractivity contribution in [1.29, 1.82) is 0 Å². The van der Waals surface area contributed by atoms with Gasteiger partial charge in [0.2, 0.25) is 0 Å². The number of nitrogens with zero attached hydrogens (tertiary/aromatic N) is 2. The highest BCUT2D eigenvalue weighted by Gasteiger charge is 2.15. The molecule has 0 bridgehead atoms. The van der Waals surface area contributed by atoms with E-state index in [4.69, 9.17) is 0 Å². The van der Waals surface area contributed by atoms with Crippen LogP contribution in [0.15, 0.2) is 18.5 Å². The quantitative estimate of drug-likeness (QED) is 0.753. The first kappa shape index (κ1) is 10.6. The molecule has 1 atom stereocenters. The van der Waals surface area contributed by atoms with Crippen LogP contribution in [0.1, 0.15) is 25.7 Å². The van der Waals surface area contributed by atoms with Crippen LogP contribution in [-0.4, -0.2) is 33.6 Å². The Bertz CT molecular complexity index is 267. The lowest BCUT2D eigenvalue weighted by Gasteiger charge is -2.16. The molecule has 2 rings (SSSR count). The Hall–Kier alpha value is -0.870. The zero-order chi connectivity index (χ0) is 10.5. The fourth-order valence-electron chi connectivity index (χ4n) is 2.12. The number of aromatic nitrogens is 2. The van der Waals surface area contributed by atoms with E-state index >= 15 is 0 Å². The molecule has 0 saturated heterocycles. The van der Waals surface area contributed by atoms with Gasteiger partial charge >= 0.3 is 0 Å². The van der Waals surface area contributed by atoms with Gasteiger partial charge in [0.25, 0.3) is 0 Å². The first-order valence-corrected chi connectivity index (χ1v) is 5.73. The molecule has 84 valence electrons. The normalized spacial score (nSPS) is 19.5. The molecule has 1 unspecified atom stereocenters. The standard InChI is InChI=1S/C11H19N3O/c15-11(9-14-7-3-6-13-14)8-12-10-4-1-2-5-10/h3,6-7,10-12,15H,1-2,4-5,8-9H2. The van der Waals surface area contributed by atoms with E-state index in [1.807, 2.05) is 12.3 Å². The predicted molar refractivity (Wildman–Crippen MR) is 58.5 cm³/mol. The molecule has 1 aliphatic rings. The molecule has 0 spiro atoms. The average molecular weight is 209 g/mol. The van der Waals surface area contributed by atoms with Gasteiger partial charge in [-0.25, -0.2) is 0 Å². The van der Waals surface area contributed by atoms with Gasteiger partial charge in [-0.2, -0.15) is 5.10 Å². The zero-order valence-corrected chi connectivity index (χ0v) is 8.97. The van der Waals surface area contributed by atoms with Crippen LogP contribution in [-0.2, 0) is 6.54 Å². The maximum Gasteiger partial charge on any atom is 0.0860 e. The summed E-state index contributed by atoms with van der Waals surface area (Å²) in [6.07, 6.45) is 8.43. The van der Waals surface area contributed by atoms with Gasteiger partial charge in [-0.15, -0.1) is 0 Å². The topological polar surface area (TPSA) is 50.1 Å². The minimum Gasteiger partial charge on any atom is -0.390 e. The molecule has 1 fully saturated rings. The summed E-state index contributed by atoms with van der Waals surface area (Å²) in [6.45, 7) is 1.25. The summed E-state index contributed by atoms with van der Waals surface area (Å²) in [5.74, 6) is 0. The zero-order valence-electron chi connectivity index (χ0n) is 8.97. The van der Waals surface area contributed by atoms with Gasteiger partial charge in [0.1, 0.15) is 0 Å². The van der Waals surface area contributed by atoms with Crippen LogP contribution in [0.2, 0.25) is 0 Å². The van der Waals surface area contributed by atoms with Gasteiger partial charge in [0.15, 0.2) is 0 Å². The third kappa shape index (κ3) is 3.32. The molecular weight excluding hydrogens is 190 g/mol. The van der Waals surface area contributed by atoms with E-state index in [0.717, 1.165) is 0 Å². The molecule has 4 heteroatoms. The van der Waals surface area contributed by atoms with Gasteiger partial charge in [-0.1, -0.05) is 12.8 Å². The summed E-state index contributed by atoms with van der Waals surface area (Å²) < 4.78 is 1.76. The Balaban J connectivity index is 1.66. The molecule has 4 nitrogen and oxygen atoms in total. The third-order valence-corrected chi connectivity index (χ3v) is 2.95. The summed E-state index contributed by atoms with van der Waals surface area (Å²) in [5, 5.41) is 17.2. The van der Waals surface area contributed by atoms with E-state index < -0.39 is 0 Å². The summed E-state index contributed by atoms with van der Waals surface area (Å²) in [5.41, 5.74) is 0. The number of aliphatic hydroxyl groups is 1. The average Bonchev–Trinajstić information content (AvgIpc) is 2.86. The van der Waals surface area contributed by atoms with Crippen LogP contribution in [0.5, 0.6) is 0 Å². The molecule has 1 aromatic rings. The molecule has 0 amide bonds. The number of hydrogen-bond acceptors (Lipinski definition) is 3. The van der Waals surface area contributed by atoms with Crippen molar-refractivity contribution in [1.82, 2.24) is 15.1 Å². The van der Waals surface area contributed by atoms with Crippen LogP contribution < -0.4 is 5.32 Å². The lowest BCUT2D eigenvalue weighted by atomic mass is 10.2. The summed E-state index contributed by atoms with van der Waals surface area (Å²) in [4.78, 5) is 0. The highest BCUT2D eigenvalue weighted by Crippen LogP contribution is 2.17. The second kappa shape index (κ2) is 5.28. The molecular formula is C11H19N3O. The Labute approximate surface area is 90.3 Å². The van der Waals surface area contributed by atoms with Crippen LogP contribution in [0.3, 0.4) is 0 Å². The fourth-order valence-corrected chi connectivity index (χ4v) is 2.12. The largest absolute Gasteiger partial charge is 0.390 e. The van der Waals surface area contributed by atoms with Crippen LogP contribution in [0.4, 0.5) is 0 Å². The molecule has 0 aromatic carbocycles. The summed E-state index contributed by atoms with van der Waals surface area (Å²) in [7, 11) is 0. The van der Waals surface area contributed by atoms with Crippen molar-refractivity contribution < 1.29 is 5.11 Å². The van der Waals surface area contributed by atoms with Crippen LogP contribution in [0.25, 0.3) is 0 Å². The van der Waals surface area contributed by atoms with E-state index in [-0.39, 0.29) is 6.10 Å². The predicted octanol–water partition coefficient (Wildman–Crippen LogP) is 0.776. The van der Waals surface area contributed by atoms with Crippen LogP contribution in [0, 0.1) is 0 Å². The molecule has 0 radical (unpaired) electrons. The van der Waals surface area contributed by atoms with Gasteiger partial charge in [0, 0.05) is 25.0 Å². The molecule has 2 N–H and O–H groups in total. The lowest BCUT2D eigenvalue weighted by Crippen LogP contribution is -2.35. The molecule has 0 aliphatic heterocycles. The van der Waals surface area contributed by atoms with Crippen molar-refractivity contribution in [3.8, 4) is 0 Å². The minimum atomic E-state index is -0.342. The maximum atomic E-state index is 9.76. The first-order chi connectivity index (χ1) is 7.34. The minimum absolute atomic E-state index is 0.342. The van der Waals surface area contributed by atoms with Crippen molar-refractivity contribution in [3.63, 3.8) is 0 Å². The van der Waals surface area contributed by atoms with Crippen LogP contribution >= 0.6 is 0 Å². The van der Waals surface area contributed by atoms with Gasteiger partial charge in [0.05, 0.1) is 12.6 Å². The van der Waals surface area contributed by atoms with Gasteiger partial charge in [-0.3, -0.25) is 4.68 Å². The lowest BCUT2D eigenvalue weighted by molar-refractivity contribution is 0.143. The van der Waals surface area contributed by atoms with Crippen molar-refractivity contribution in [3.05, 3.63) is 18.5 Å². The monoisotopic (exact) mass is 209 g/mol. The summed E-state index contributed by atoms with van der Waals surface area (Å²) >= 11 is 0. The SMILES string of the molecule is OC(CNC1CCCC1)Cn1cccn1. The highest BCUT2D eigenvalue weighted by molar-refractivity contribution is 4.79. The van der Waals surface area contributed by atoms with E-state index in [9.17, 15) is 5.11 Å². The van der Waals surface area contributed by atoms with Crippen molar-refractivity contribution >= 4 is 0 Å². The summed E-state index contributed by atoms with van der Waals surface area (Å²) in [6, 6.07) is 2.49. The van der Waals surface area contributed by atoms with E-state index in [0.29, 0.717) is 19.1 Å². The number of aliphatic hydroxyl groups excluding tert-OH is 1. The van der Waals surface area contributed by atoms with Crippen molar-refractivity contribution in [2.75, 3.05) is 6.54 Å². The van der Waals surface area contributed by atoms with E-state index in [2.05, 4.69) is 10.4 Å². The highest BCUT2D eigenvalue weighted by atomic mass is 16.3. The molecule has 15 heavy (non-hydrogen) atoms. The number of hydrogen-bond donors (Lipinski definition) is 2. The van der Waals surface area contributed by atoms with E-state index in [1.165, 1.54) is 25.7 Å². The van der Waals surface area contributed by atoms with Gasteiger partial charge < -0.3 is 10.4 Å². The first-order valence-electron chi connectivity index (χ1n) is 5.73. The number of nitrogens with one attached hydrogen (secondary N) is 1. The third-order valence-electron chi connectivity index (χ3n) is 2.95.